The predicted molar refractivity (Wildman–Crippen MR) is 89.6 cm³/mol. The van der Waals surface area contributed by atoms with Crippen LogP contribution in [0.3, 0.4) is 0 Å². The van der Waals surface area contributed by atoms with Gasteiger partial charge in [0.15, 0.2) is 26.1 Å². The minimum atomic E-state index is -3.38. The lowest BCUT2D eigenvalue weighted by molar-refractivity contribution is 0.0481. The molecule has 2 aliphatic heterocycles. The average molecular weight is 406 g/mol. The van der Waals surface area contributed by atoms with Gasteiger partial charge in [0.25, 0.3) is 0 Å². The number of hydrogen-bond donors (Lipinski definition) is 0. The van der Waals surface area contributed by atoms with Crippen LogP contribution in [0.5, 0.6) is 5.75 Å². The maximum Gasteiger partial charge on any atom is 0.199 e. The van der Waals surface area contributed by atoms with Gasteiger partial charge >= 0.3 is 0 Å². The summed E-state index contributed by atoms with van der Waals surface area (Å²) in [7, 11) is -3.38. The molecule has 1 fully saturated rings. The molecule has 23 heavy (non-hydrogen) atoms. The number of aromatic nitrogens is 2. The molecule has 0 amide bonds. The van der Waals surface area contributed by atoms with E-state index in [2.05, 4.69) is 37.7 Å². The van der Waals surface area contributed by atoms with Crippen LogP contribution in [0.15, 0.2) is 4.73 Å². The fourth-order valence-corrected chi connectivity index (χ4v) is 3.72. The van der Waals surface area contributed by atoms with Crippen molar-refractivity contribution in [2.75, 3.05) is 31.0 Å². The Balaban J connectivity index is 2.20. The van der Waals surface area contributed by atoms with Gasteiger partial charge < -0.3 is 14.4 Å². The highest BCUT2D eigenvalue weighted by molar-refractivity contribution is 9.10. The normalized spacial score (nSPS) is 24.7. The number of morpholine rings is 1. The topological polar surface area (TPSA) is 81.6 Å². The van der Waals surface area contributed by atoms with E-state index in [-0.39, 0.29) is 12.1 Å². The summed E-state index contributed by atoms with van der Waals surface area (Å²) in [5.41, 5.74) is 0.383. The van der Waals surface area contributed by atoms with Crippen LogP contribution < -0.4 is 9.64 Å². The van der Waals surface area contributed by atoms with E-state index in [0.717, 1.165) is 0 Å². The van der Waals surface area contributed by atoms with Crippen LogP contribution in [0.2, 0.25) is 0 Å². The maximum absolute atomic E-state index is 12.2. The van der Waals surface area contributed by atoms with E-state index in [1.165, 1.54) is 6.26 Å². The summed E-state index contributed by atoms with van der Waals surface area (Å²) < 4.78 is 35.1. The van der Waals surface area contributed by atoms with Gasteiger partial charge in [-0.1, -0.05) is 0 Å². The monoisotopic (exact) mass is 405 g/mol. The molecular weight excluding hydrogens is 386 g/mol. The van der Waals surface area contributed by atoms with Crippen molar-refractivity contribution < 1.29 is 17.9 Å². The van der Waals surface area contributed by atoms with Crippen molar-refractivity contribution in [3.8, 4) is 5.75 Å². The van der Waals surface area contributed by atoms with E-state index in [1.54, 1.807) is 13.8 Å². The molecule has 0 radical (unpaired) electrons. The summed E-state index contributed by atoms with van der Waals surface area (Å²) in [5.74, 6) is 1.08. The van der Waals surface area contributed by atoms with Crippen LogP contribution >= 0.6 is 15.9 Å². The fraction of sp³-hybridized carbons (Fsp3) is 0.714. The van der Waals surface area contributed by atoms with Gasteiger partial charge in [-0.15, -0.1) is 0 Å². The molecule has 3 heterocycles. The largest absolute Gasteiger partial charge is 0.486 e. The van der Waals surface area contributed by atoms with E-state index in [4.69, 9.17) is 9.47 Å². The molecule has 2 aliphatic rings. The highest BCUT2D eigenvalue weighted by Gasteiger charge is 2.43. The lowest BCUT2D eigenvalue weighted by Gasteiger charge is -2.45. The lowest BCUT2D eigenvalue weighted by atomic mass is 10.0. The first-order valence-corrected chi connectivity index (χ1v) is 10.1. The summed E-state index contributed by atoms with van der Waals surface area (Å²) in [4.78, 5) is 10.9. The molecular formula is C14H20BrN3O4S. The second kappa shape index (κ2) is 5.56. The first-order chi connectivity index (χ1) is 10.6. The van der Waals surface area contributed by atoms with Crippen LogP contribution in [0.25, 0.3) is 0 Å². The summed E-state index contributed by atoms with van der Waals surface area (Å²) >= 11 is 3.31. The minimum Gasteiger partial charge on any atom is -0.486 e. The molecule has 3 rings (SSSR count). The van der Waals surface area contributed by atoms with Crippen LogP contribution in [-0.4, -0.2) is 56.5 Å². The van der Waals surface area contributed by atoms with Gasteiger partial charge in [0.2, 0.25) is 0 Å². The van der Waals surface area contributed by atoms with Crippen molar-refractivity contribution in [1.29, 1.82) is 0 Å². The predicted octanol–water partition coefficient (Wildman–Crippen LogP) is 1.50. The van der Waals surface area contributed by atoms with Crippen molar-refractivity contribution in [2.24, 2.45) is 0 Å². The third-order valence-corrected chi connectivity index (χ3v) is 6.92. The summed E-state index contributed by atoms with van der Waals surface area (Å²) in [6.07, 6.45) is 1.21. The first-order valence-electron chi connectivity index (χ1n) is 7.39. The zero-order chi connectivity index (χ0) is 17.0. The first kappa shape index (κ1) is 16.9. The second-order valence-corrected chi connectivity index (χ2v) is 9.81. The molecule has 0 N–H and O–H groups in total. The molecule has 2 atom stereocenters. The third-order valence-electron chi connectivity index (χ3n) is 4.52. The van der Waals surface area contributed by atoms with Gasteiger partial charge in [-0.25, -0.2) is 18.4 Å². The Morgan fingerprint density at radius 3 is 2.61 bits per heavy atom. The van der Waals surface area contributed by atoms with Gasteiger partial charge in [-0.3, -0.25) is 0 Å². The maximum atomic E-state index is 12.2. The van der Waals surface area contributed by atoms with E-state index < -0.39 is 14.6 Å². The highest BCUT2D eigenvalue weighted by Crippen LogP contribution is 2.43. The minimum absolute atomic E-state index is 0.0715. The molecule has 0 spiro atoms. The second-order valence-electron chi connectivity index (χ2n) is 6.54. The Morgan fingerprint density at radius 2 is 1.96 bits per heavy atom. The average Bonchev–Trinajstić information content (AvgIpc) is 2.44. The number of hydrogen-bond acceptors (Lipinski definition) is 7. The molecule has 1 aromatic rings. The molecule has 0 saturated carbocycles. The third kappa shape index (κ3) is 2.72. The van der Waals surface area contributed by atoms with Crippen molar-refractivity contribution in [3.63, 3.8) is 0 Å². The standard InChI is InChI=1S/C14H20BrN3O4S/c1-8-5-21-6-9-7-22-10-11(14(2,3)23(4,19)20)16-13(15)17-12(10)18(8)9/h8-9H,5-7H2,1-4H3/t8-,9?/m1/s1. The Hall–Kier alpha value is -0.930. The molecule has 7 nitrogen and oxygen atoms in total. The summed E-state index contributed by atoms with van der Waals surface area (Å²) in [6.45, 7) is 6.91. The Morgan fingerprint density at radius 1 is 1.26 bits per heavy atom. The Labute approximate surface area is 144 Å². The SMILES string of the molecule is C[C@@H]1COCC2COc3c(nc(Br)nc3C(C)(C)S(C)(=O)=O)N21. The fourth-order valence-electron chi connectivity index (χ4n) is 2.89. The van der Waals surface area contributed by atoms with Gasteiger partial charge in [-0.2, -0.15) is 0 Å². The summed E-state index contributed by atoms with van der Waals surface area (Å²) in [6, 6.07) is 0.203. The number of sulfone groups is 1. The van der Waals surface area contributed by atoms with Gasteiger partial charge in [-0.05, 0) is 36.7 Å². The Kier molecular flexibility index (Phi) is 4.09. The van der Waals surface area contributed by atoms with Crippen molar-refractivity contribution in [2.45, 2.75) is 37.6 Å². The van der Waals surface area contributed by atoms with Gasteiger partial charge in [0.1, 0.15) is 17.0 Å². The Bertz CT molecular complexity index is 738. The molecule has 0 aliphatic carbocycles. The molecule has 1 unspecified atom stereocenters. The van der Waals surface area contributed by atoms with Gasteiger partial charge in [0.05, 0.1) is 25.3 Å². The summed E-state index contributed by atoms with van der Waals surface area (Å²) in [5, 5.41) is 0. The van der Waals surface area contributed by atoms with Crippen LogP contribution in [0.4, 0.5) is 5.82 Å². The van der Waals surface area contributed by atoms with Crippen LogP contribution in [0.1, 0.15) is 26.5 Å². The van der Waals surface area contributed by atoms with Crippen LogP contribution in [-0.2, 0) is 19.3 Å². The molecule has 128 valence electrons. The number of nitrogens with zero attached hydrogens (tertiary/aromatic N) is 3. The van der Waals surface area contributed by atoms with E-state index >= 15 is 0 Å². The van der Waals surface area contributed by atoms with E-state index in [9.17, 15) is 8.42 Å². The van der Waals surface area contributed by atoms with Crippen molar-refractivity contribution in [1.82, 2.24) is 9.97 Å². The van der Waals surface area contributed by atoms with Crippen molar-refractivity contribution >= 4 is 31.6 Å². The quantitative estimate of drug-likeness (QED) is 0.689. The molecule has 9 heteroatoms. The number of ether oxygens (including phenoxy) is 2. The van der Waals surface area contributed by atoms with Crippen molar-refractivity contribution in [3.05, 3.63) is 10.4 Å². The smallest absolute Gasteiger partial charge is 0.199 e. The molecule has 0 aromatic carbocycles. The number of anilines is 1. The molecule has 0 bridgehead atoms. The lowest BCUT2D eigenvalue weighted by Crippen LogP contribution is -2.56. The van der Waals surface area contributed by atoms with E-state index in [1.807, 2.05) is 0 Å². The number of halogens is 1. The number of rotatable bonds is 2. The van der Waals surface area contributed by atoms with E-state index in [0.29, 0.717) is 41.8 Å². The zero-order valence-electron chi connectivity index (χ0n) is 13.5. The van der Waals surface area contributed by atoms with Crippen LogP contribution in [0, 0.1) is 0 Å². The van der Waals surface area contributed by atoms with Gasteiger partial charge in [0, 0.05) is 6.26 Å². The molecule has 1 saturated heterocycles. The molecule has 1 aromatic heterocycles. The number of fused-ring (bicyclic) bond motifs is 3. The highest BCUT2D eigenvalue weighted by atomic mass is 79.9. The zero-order valence-corrected chi connectivity index (χ0v) is 15.9.